The van der Waals surface area contributed by atoms with E-state index in [4.69, 9.17) is 10.5 Å². The molecule has 2 aliphatic carbocycles. The summed E-state index contributed by atoms with van der Waals surface area (Å²) in [6.45, 7) is 0.750. The predicted molar refractivity (Wildman–Crippen MR) is 130 cm³/mol. The number of halogens is 1. The second kappa shape index (κ2) is 11.4. The molecule has 0 bridgehead atoms. The van der Waals surface area contributed by atoms with Gasteiger partial charge in [-0.3, -0.25) is 0 Å². The fraction of sp³-hybridized carbons (Fsp3) is 0.625. The molecule has 8 nitrogen and oxygen atoms in total. The Morgan fingerprint density at radius 3 is 2.06 bits per heavy atom. The van der Waals surface area contributed by atoms with Gasteiger partial charge >= 0.3 is 0 Å². The molecule has 0 atom stereocenters. The maximum Gasteiger partial charge on any atom is 0.233 e. The molecule has 1 heterocycles. The molecule has 9 heteroatoms. The fourth-order valence-corrected chi connectivity index (χ4v) is 4.77. The maximum absolute atomic E-state index is 14.2. The van der Waals surface area contributed by atoms with Gasteiger partial charge < -0.3 is 26.4 Å². The first kappa shape index (κ1) is 23.5. The van der Waals surface area contributed by atoms with Crippen LogP contribution >= 0.6 is 0 Å². The zero-order chi connectivity index (χ0) is 23.0. The van der Waals surface area contributed by atoms with Gasteiger partial charge in [-0.25, -0.2) is 4.39 Å². The highest BCUT2D eigenvalue weighted by molar-refractivity contribution is 5.57. The van der Waals surface area contributed by atoms with E-state index >= 15 is 0 Å². The number of benzene rings is 1. The first-order chi connectivity index (χ1) is 16.1. The molecule has 1 aromatic carbocycles. The van der Waals surface area contributed by atoms with Crippen LogP contribution in [0.4, 0.5) is 27.9 Å². The van der Waals surface area contributed by atoms with Crippen LogP contribution in [0.3, 0.4) is 0 Å². The Bertz CT molecular complexity index is 896. The maximum atomic E-state index is 14.2. The van der Waals surface area contributed by atoms with Crippen LogP contribution in [0.5, 0.6) is 5.75 Å². The number of hydrogen-bond donors (Lipinski definition) is 4. The summed E-state index contributed by atoms with van der Waals surface area (Å²) in [5.74, 6) is 1.82. The highest BCUT2D eigenvalue weighted by Gasteiger charge is 2.22. The van der Waals surface area contributed by atoms with Crippen molar-refractivity contribution in [1.29, 1.82) is 0 Å². The minimum Gasteiger partial charge on any atom is -0.494 e. The van der Waals surface area contributed by atoms with Gasteiger partial charge in [0.2, 0.25) is 17.8 Å². The van der Waals surface area contributed by atoms with Crippen molar-refractivity contribution in [2.75, 3.05) is 29.6 Å². The SMILES string of the molecule is COc1ccc(Nc2nc(NC3CCCCCC3)nc(NC3CCC(CN)CC3)n2)cc1F. The zero-order valence-electron chi connectivity index (χ0n) is 19.4. The number of nitrogens with one attached hydrogen (secondary N) is 3. The van der Waals surface area contributed by atoms with E-state index < -0.39 is 5.82 Å². The molecule has 2 aromatic rings. The number of ether oxygens (including phenoxy) is 1. The van der Waals surface area contributed by atoms with Gasteiger partial charge in [0.25, 0.3) is 0 Å². The van der Waals surface area contributed by atoms with Gasteiger partial charge in [-0.1, -0.05) is 25.7 Å². The molecule has 4 rings (SSSR count). The molecule has 2 saturated carbocycles. The molecule has 0 spiro atoms. The molecule has 5 N–H and O–H groups in total. The fourth-order valence-electron chi connectivity index (χ4n) is 4.77. The topological polar surface area (TPSA) is 110 Å². The van der Waals surface area contributed by atoms with Gasteiger partial charge in [0.1, 0.15) is 0 Å². The van der Waals surface area contributed by atoms with Gasteiger partial charge in [0.15, 0.2) is 11.6 Å². The van der Waals surface area contributed by atoms with E-state index in [-0.39, 0.29) is 5.75 Å². The standard InChI is InChI=1S/C24H36FN7O/c1-33-21-13-12-19(14-20(21)25)29-24-31-22(27-17-6-4-2-3-5-7-17)30-23(32-24)28-18-10-8-16(15-26)9-11-18/h12-14,16-18H,2-11,15,26H2,1H3,(H3,27,28,29,30,31,32). The number of aromatic nitrogens is 3. The number of methoxy groups -OCH3 is 1. The van der Waals surface area contributed by atoms with Crippen LogP contribution in [0.1, 0.15) is 64.2 Å². The Kier molecular flexibility index (Phi) is 8.15. The van der Waals surface area contributed by atoms with E-state index in [1.807, 2.05) is 0 Å². The largest absolute Gasteiger partial charge is 0.494 e. The molecule has 0 radical (unpaired) electrons. The molecular formula is C24H36FN7O. The lowest BCUT2D eigenvalue weighted by atomic mass is 9.86. The number of hydrogen-bond acceptors (Lipinski definition) is 8. The van der Waals surface area contributed by atoms with Crippen molar-refractivity contribution >= 4 is 23.5 Å². The number of nitrogens with two attached hydrogens (primary N) is 1. The van der Waals surface area contributed by atoms with Gasteiger partial charge in [0.05, 0.1) is 7.11 Å². The molecule has 0 saturated heterocycles. The van der Waals surface area contributed by atoms with Crippen molar-refractivity contribution in [1.82, 2.24) is 15.0 Å². The van der Waals surface area contributed by atoms with Gasteiger partial charge in [-0.2, -0.15) is 15.0 Å². The molecule has 2 aliphatic rings. The van der Waals surface area contributed by atoms with E-state index in [9.17, 15) is 4.39 Å². The third-order valence-corrected chi connectivity index (χ3v) is 6.75. The van der Waals surface area contributed by atoms with E-state index in [0.29, 0.717) is 41.5 Å². The summed E-state index contributed by atoms with van der Waals surface area (Å²) in [4.78, 5) is 13.8. The Hall–Kier alpha value is -2.68. The monoisotopic (exact) mass is 457 g/mol. The molecule has 0 amide bonds. The number of anilines is 4. The number of rotatable bonds is 8. The van der Waals surface area contributed by atoms with E-state index in [0.717, 1.165) is 45.1 Å². The third-order valence-electron chi connectivity index (χ3n) is 6.75. The highest BCUT2D eigenvalue weighted by atomic mass is 19.1. The van der Waals surface area contributed by atoms with Crippen molar-refractivity contribution < 1.29 is 9.13 Å². The summed E-state index contributed by atoms with van der Waals surface area (Å²) in [5.41, 5.74) is 6.39. The van der Waals surface area contributed by atoms with Crippen molar-refractivity contribution in [3.05, 3.63) is 24.0 Å². The van der Waals surface area contributed by atoms with Crippen LogP contribution < -0.4 is 26.4 Å². The Balaban J connectivity index is 1.52. The summed E-state index contributed by atoms with van der Waals surface area (Å²) in [7, 11) is 1.45. The first-order valence-electron chi connectivity index (χ1n) is 12.2. The summed E-state index contributed by atoms with van der Waals surface area (Å²) in [5, 5.41) is 10.1. The van der Waals surface area contributed by atoms with E-state index in [1.54, 1.807) is 12.1 Å². The van der Waals surface area contributed by atoms with Crippen LogP contribution in [0.25, 0.3) is 0 Å². The normalized spacial score (nSPS) is 21.8. The molecule has 33 heavy (non-hydrogen) atoms. The van der Waals surface area contributed by atoms with E-state index in [2.05, 4.69) is 30.9 Å². The average molecular weight is 458 g/mol. The second-order valence-electron chi connectivity index (χ2n) is 9.21. The van der Waals surface area contributed by atoms with Crippen molar-refractivity contribution in [2.45, 2.75) is 76.3 Å². The minimum absolute atomic E-state index is 0.197. The molecule has 180 valence electrons. The van der Waals surface area contributed by atoms with Crippen LogP contribution in [0, 0.1) is 11.7 Å². The van der Waals surface area contributed by atoms with Gasteiger partial charge in [0, 0.05) is 23.8 Å². The molecular weight excluding hydrogens is 421 g/mol. The predicted octanol–water partition coefficient (Wildman–Crippen LogP) is 4.83. The molecule has 1 aromatic heterocycles. The van der Waals surface area contributed by atoms with Crippen LogP contribution in [-0.2, 0) is 0 Å². The Labute approximate surface area is 195 Å². The van der Waals surface area contributed by atoms with E-state index in [1.165, 1.54) is 38.9 Å². The Morgan fingerprint density at radius 1 is 0.879 bits per heavy atom. The number of nitrogens with zero attached hydrogens (tertiary/aromatic N) is 3. The summed E-state index contributed by atoms with van der Waals surface area (Å²) in [6.07, 6.45) is 11.5. The Morgan fingerprint density at radius 2 is 1.48 bits per heavy atom. The van der Waals surface area contributed by atoms with Crippen LogP contribution in [0.2, 0.25) is 0 Å². The van der Waals surface area contributed by atoms with Crippen LogP contribution in [0.15, 0.2) is 18.2 Å². The lowest BCUT2D eigenvalue weighted by Crippen LogP contribution is -2.30. The summed E-state index contributed by atoms with van der Waals surface area (Å²) < 4.78 is 19.2. The minimum atomic E-state index is -0.441. The summed E-state index contributed by atoms with van der Waals surface area (Å²) >= 11 is 0. The second-order valence-corrected chi connectivity index (χ2v) is 9.21. The van der Waals surface area contributed by atoms with Gasteiger partial charge in [-0.05, 0) is 63.1 Å². The molecule has 2 fully saturated rings. The van der Waals surface area contributed by atoms with Crippen molar-refractivity contribution in [3.63, 3.8) is 0 Å². The highest BCUT2D eigenvalue weighted by Crippen LogP contribution is 2.27. The van der Waals surface area contributed by atoms with Crippen LogP contribution in [-0.4, -0.2) is 40.7 Å². The van der Waals surface area contributed by atoms with Crippen molar-refractivity contribution in [3.8, 4) is 5.75 Å². The lowest BCUT2D eigenvalue weighted by Gasteiger charge is -2.28. The lowest BCUT2D eigenvalue weighted by molar-refractivity contribution is 0.344. The average Bonchev–Trinajstić information content (AvgIpc) is 3.08. The quantitative estimate of drug-likeness (QED) is 0.417. The zero-order valence-corrected chi connectivity index (χ0v) is 19.4. The molecule has 0 unspecified atom stereocenters. The first-order valence-corrected chi connectivity index (χ1v) is 12.2. The van der Waals surface area contributed by atoms with Crippen molar-refractivity contribution in [2.24, 2.45) is 11.7 Å². The third kappa shape index (κ3) is 6.66. The summed E-state index contributed by atoms with van der Waals surface area (Å²) in [6, 6.07) is 5.37. The molecule has 0 aliphatic heterocycles. The smallest absolute Gasteiger partial charge is 0.233 e. The van der Waals surface area contributed by atoms with Gasteiger partial charge in [-0.15, -0.1) is 0 Å².